The normalized spacial score (nSPS) is 29.6. The van der Waals surface area contributed by atoms with Crippen LogP contribution in [0.2, 0.25) is 0 Å². The second-order valence-corrected chi connectivity index (χ2v) is 5.05. The first kappa shape index (κ1) is 14.6. The summed E-state index contributed by atoms with van der Waals surface area (Å²) in [6.45, 7) is 0.359. The van der Waals surface area contributed by atoms with Crippen molar-refractivity contribution in [3.05, 3.63) is 0 Å². The number of carboxylic acids is 1. The molecule has 3 atom stereocenters. The third-order valence-corrected chi connectivity index (χ3v) is 3.78. The highest BCUT2D eigenvalue weighted by molar-refractivity contribution is 5.87. The maximum atomic E-state index is 12.4. The van der Waals surface area contributed by atoms with Crippen molar-refractivity contribution < 1.29 is 29.3 Å². The molecular formula is C12H18N2O6. The van der Waals surface area contributed by atoms with Gasteiger partial charge in [0.25, 0.3) is 0 Å². The highest BCUT2D eigenvalue weighted by Gasteiger charge is 2.44. The quantitative estimate of drug-likeness (QED) is 0.648. The van der Waals surface area contributed by atoms with E-state index in [1.54, 1.807) is 0 Å². The number of β-amino-alcohol motifs (C(OH)–C–C–N with tert-alkyl or cyclic N) is 1. The average molecular weight is 286 g/mol. The van der Waals surface area contributed by atoms with E-state index in [1.807, 2.05) is 0 Å². The molecule has 0 aromatic rings. The van der Waals surface area contributed by atoms with Gasteiger partial charge in [-0.2, -0.15) is 0 Å². The third-order valence-electron chi connectivity index (χ3n) is 3.78. The first-order valence-corrected chi connectivity index (χ1v) is 6.51. The molecule has 0 aromatic carbocycles. The number of amides is 2. The fraction of sp³-hybridized carbons (Fsp3) is 0.750. The zero-order valence-electron chi connectivity index (χ0n) is 11.2. The van der Waals surface area contributed by atoms with Crippen LogP contribution in [0.5, 0.6) is 0 Å². The summed E-state index contributed by atoms with van der Waals surface area (Å²) in [4.78, 5) is 37.6. The number of carbonyl (C=O) groups is 3. The molecule has 20 heavy (non-hydrogen) atoms. The topological polar surface area (TPSA) is 107 Å². The van der Waals surface area contributed by atoms with Crippen molar-refractivity contribution >= 4 is 18.0 Å². The lowest BCUT2D eigenvalue weighted by Crippen LogP contribution is -2.51. The van der Waals surface area contributed by atoms with Crippen molar-refractivity contribution in [3.8, 4) is 0 Å². The first-order valence-electron chi connectivity index (χ1n) is 6.51. The number of aliphatic hydroxyl groups is 1. The molecule has 8 nitrogen and oxygen atoms in total. The highest BCUT2D eigenvalue weighted by atomic mass is 16.5. The SMILES string of the molecule is COC(=O)C1CCCN1C(=O)N1C[C@@H](O)C[C@H]1C(=O)O. The predicted octanol–water partition coefficient (Wildman–Crippen LogP) is -0.736. The Bertz CT molecular complexity index is 426. The number of urea groups is 1. The standard InChI is InChI=1S/C12H18N2O6/c1-20-11(18)8-3-2-4-13(8)12(19)14-6-7(15)5-9(14)10(16)17/h7-9,15H,2-6H2,1H3,(H,16,17)/t7-,8?,9-/m0/s1. The molecule has 2 saturated heterocycles. The van der Waals surface area contributed by atoms with Gasteiger partial charge in [-0.15, -0.1) is 0 Å². The summed E-state index contributed by atoms with van der Waals surface area (Å²) >= 11 is 0. The van der Waals surface area contributed by atoms with E-state index in [0.29, 0.717) is 19.4 Å². The number of likely N-dealkylation sites (tertiary alicyclic amines) is 2. The van der Waals surface area contributed by atoms with E-state index >= 15 is 0 Å². The summed E-state index contributed by atoms with van der Waals surface area (Å²) in [5.74, 6) is -1.65. The minimum atomic E-state index is -1.15. The number of ether oxygens (including phenoxy) is 1. The van der Waals surface area contributed by atoms with Crippen LogP contribution in [0.25, 0.3) is 0 Å². The zero-order valence-corrected chi connectivity index (χ0v) is 11.2. The lowest BCUT2D eigenvalue weighted by atomic mass is 10.2. The maximum absolute atomic E-state index is 12.4. The van der Waals surface area contributed by atoms with Gasteiger partial charge in [0.15, 0.2) is 0 Å². The summed E-state index contributed by atoms with van der Waals surface area (Å²) in [7, 11) is 1.25. The van der Waals surface area contributed by atoms with Gasteiger partial charge in [0.1, 0.15) is 12.1 Å². The van der Waals surface area contributed by atoms with Crippen LogP contribution in [0, 0.1) is 0 Å². The van der Waals surface area contributed by atoms with Crippen LogP contribution in [-0.4, -0.2) is 76.4 Å². The van der Waals surface area contributed by atoms with E-state index in [0.717, 1.165) is 4.90 Å². The van der Waals surface area contributed by atoms with Gasteiger partial charge in [-0.25, -0.2) is 14.4 Å². The van der Waals surface area contributed by atoms with E-state index in [2.05, 4.69) is 4.74 Å². The lowest BCUT2D eigenvalue weighted by Gasteiger charge is -2.30. The van der Waals surface area contributed by atoms with Crippen molar-refractivity contribution in [2.75, 3.05) is 20.2 Å². The van der Waals surface area contributed by atoms with Crippen LogP contribution in [0.15, 0.2) is 0 Å². The molecule has 0 radical (unpaired) electrons. The van der Waals surface area contributed by atoms with Crippen LogP contribution in [0.3, 0.4) is 0 Å². The molecule has 2 N–H and O–H groups in total. The average Bonchev–Trinajstić information content (AvgIpc) is 3.03. The van der Waals surface area contributed by atoms with Crippen LogP contribution in [0.1, 0.15) is 19.3 Å². The minimum Gasteiger partial charge on any atom is -0.480 e. The van der Waals surface area contributed by atoms with Crippen LogP contribution < -0.4 is 0 Å². The number of hydrogen-bond donors (Lipinski definition) is 2. The number of aliphatic hydroxyl groups excluding tert-OH is 1. The number of rotatable bonds is 2. The van der Waals surface area contributed by atoms with Crippen molar-refractivity contribution in [1.29, 1.82) is 0 Å². The summed E-state index contributed by atoms with van der Waals surface area (Å²) in [5.41, 5.74) is 0. The molecule has 2 heterocycles. The molecule has 2 fully saturated rings. The van der Waals surface area contributed by atoms with Gasteiger partial charge in [-0.05, 0) is 12.8 Å². The molecule has 0 bridgehead atoms. The third kappa shape index (κ3) is 2.55. The van der Waals surface area contributed by atoms with Crippen molar-refractivity contribution in [2.45, 2.75) is 37.5 Å². The van der Waals surface area contributed by atoms with Gasteiger partial charge >= 0.3 is 18.0 Å². The molecule has 8 heteroatoms. The van der Waals surface area contributed by atoms with Crippen molar-refractivity contribution in [1.82, 2.24) is 9.80 Å². The second kappa shape index (κ2) is 5.66. The number of esters is 1. The fourth-order valence-corrected chi connectivity index (χ4v) is 2.80. The predicted molar refractivity (Wildman–Crippen MR) is 65.9 cm³/mol. The van der Waals surface area contributed by atoms with Crippen LogP contribution >= 0.6 is 0 Å². The molecular weight excluding hydrogens is 268 g/mol. The lowest BCUT2D eigenvalue weighted by molar-refractivity contribution is -0.145. The molecule has 0 spiro atoms. The smallest absolute Gasteiger partial charge is 0.328 e. The number of carboxylic acid groups (broad SMARTS) is 1. The zero-order chi connectivity index (χ0) is 14.9. The number of nitrogens with zero attached hydrogens (tertiary/aromatic N) is 2. The van der Waals surface area contributed by atoms with Crippen molar-refractivity contribution in [2.24, 2.45) is 0 Å². The number of aliphatic carboxylic acids is 1. The van der Waals surface area contributed by atoms with Gasteiger partial charge in [0.05, 0.1) is 13.2 Å². The van der Waals surface area contributed by atoms with Gasteiger partial charge in [0.2, 0.25) is 0 Å². The van der Waals surface area contributed by atoms with Crippen LogP contribution in [-0.2, 0) is 14.3 Å². The molecule has 2 aliphatic rings. The van der Waals surface area contributed by atoms with E-state index in [4.69, 9.17) is 5.11 Å². The van der Waals surface area contributed by atoms with E-state index in [9.17, 15) is 19.5 Å². The van der Waals surface area contributed by atoms with E-state index < -0.39 is 36.2 Å². The molecule has 112 valence electrons. The molecule has 2 amide bonds. The molecule has 2 aliphatic heterocycles. The summed E-state index contributed by atoms with van der Waals surface area (Å²) in [5, 5.41) is 18.7. The van der Waals surface area contributed by atoms with E-state index in [-0.39, 0.29) is 13.0 Å². The number of methoxy groups -OCH3 is 1. The Morgan fingerprint density at radius 3 is 2.50 bits per heavy atom. The number of hydrogen-bond acceptors (Lipinski definition) is 5. The van der Waals surface area contributed by atoms with Gasteiger partial charge < -0.3 is 24.7 Å². The Morgan fingerprint density at radius 2 is 1.90 bits per heavy atom. The van der Waals surface area contributed by atoms with E-state index in [1.165, 1.54) is 12.0 Å². The summed E-state index contributed by atoms with van der Waals surface area (Å²) in [6, 6.07) is -2.24. The minimum absolute atomic E-state index is 0.0117. The largest absolute Gasteiger partial charge is 0.480 e. The molecule has 2 rings (SSSR count). The van der Waals surface area contributed by atoms with Gasteiger partial charge in [-0.3, -0.25) is 0 Å². The monoisotopic (exact) mass is 286 g/mol. The first-order chi connectivity index (χ1) is 9.45. The highest BCUT2D eigenvalue weighted by Crippen LogP contribution is 2.25. The Hall–Kier alpha value is -1.83. The summed E-state index contributed by atoms with van der Waals surface area (Å²) < 4.78 is 4.66. The molecule has 0 saturated carbocycles. The molecule has 1 unspecified atom stereocenters. The Balaban J connectivity index is 2.13. The van der Waals surface area contributed by atoms with Crippen LogP contribution in [0.4, 0.5) is 4.79 Å². The fourth-order valence-electron chi connectivity index (χ4n) is 2.80. The van der Waals surface area contributed by atoms with Gasteiger partial charge in [0, 0.05) is 19.5 Å². The maximum Gasteiger partial charge on any atom is 0.328 e. The molecule has 0 aliphatic carbocycles. The summed E-state index contributed by atoms with van der Waals surface area (Å²) in [6.07, 6.45) is 0.337. The van der Waals surface area contributed by atoms with Gasteiger partial charge in [-0.1, -0.05) is 0 Å². The Morgan fingerprint density at radius 1 is 1.20 bits per heavy atom. The number of carbonyl (C=O) groups excluding carboxylic acids is 2. The van der Waals surface area contributed by atoms with Crippen molar-refractivity contribution in [3.63, 3.8) is 0 Å². The molecule has 0 aromatic heterocycles. The Labute approximate surface area is 115 Å². The second-order valence-electron chi connectivity index (χ2n) is 5.05. The Kier molecular flexibility index (Phi) is 4.12.